The third-order valence-corrected chi connectivity index (χ3v) is 6.33. The van der Waals surface area contributed by atoms with Crippen molar-refractivity contribution < 1.29 is 25.9 Å². The van der Waals surface area contributed by atoms with E-state index in [0.29, 0.717) is 45.6 Å². The predicted octanol–water partition coefficient (Wildman–Crippen LogP) is -1.09. The van der Waals surface area contributed by atoms with Crippen LogP contribution < -0.4 is 0 Å². The topological polar surface area (TPSA) is 115 Å². The van der Waals surface area contributed by atoms with Crippen molar-refractivity contribution in [3.8, 4) is 0 Å². The van der Waals surface area contributed by atoms with Crippen molar-refractivity contribution in [1.82, 2.24) is 9.80 Å². The molecule has 2 fully saturated rings. The van der Waals surface area contributed by atoms with Crippen LogP contribution in [-0.2, 0) is 20.2 Å². The molecular formula is C10H20N2O6S2. The number of hydrogen-bond donors (Lipinski definition) is 2. The molecule has 0 aromatic rings. The van der Waals surface area contributed by atoms with Gasteiger partial charge < -0.3 is 0 Å². The summed E-state index contributed by atoms with van der Waals surface area (Å²) in [7, 11) is -7.94. The van der Waals surface area contributed by atoms with E-state index in [1.165, 1.54) is 0 Å². The summed E-state index contributed by atoms with van der Waals surface area (Å²) in [5.41, 5.74) is 0. The standard InChI is InChI=1S/C10H20N2O6S2/c13-19(14,15)8-7-11-3-5-12(6-4-11)9-10(1-2-10)20(16,17)18/h1-9H2,(H,13,14,15)(H,16,17,18). The average molecular weight is 328 g/mol. The molecule has 2 rings (SSSR count). The van der Waals surface area contributed by atoms with Crippen molar-refractivity contribution >= 4 is 20.2 Å². The Kier molecular flexibility index (Phi) is 4.43. The molecule has 0 aromatic heterocycles. The van der Waals surface area contributed by atoms with E-state index in [1.807, 2.05) is 9.80 Å². The first-order valence-electron chi connectivity index (χ1n) is 6.48. The van der Waals surface area contributed by atoms with Crippen molar-refractivity contribution in [1.29, 1.82) is 0 Å². The zero-order chi connectivity index (χ0) is 15.0. The van der Waals surface area contributed by atoms with Gasteiger partial charge in [-0.15, -0.1) is 0 Å². The molecule has 1 aliphatic heterocycles. The van der Waals surface area contributed by atoms with Crippen LogP contribution in [0.1, 0.15) is 12.8 Å². The summed E-state index contributed by atoms with van der Waals surface area (Å²) in [6.07, 6.45) is 0.990. The van der Waals surface area contributed by atoms with Gasteiger partial charge in [0.2, 0.25) is 0 Å². The summed E-state index contributed by atoms with van der Waals surface area (Å²) < 4.78 is 60.8. The second kappa shape index (κ2) is 5.50. The third kappa shape index (κ3) is 4.12. The summed E-state index contributed by atoms with van der Waals surface area (Å²) in [6.45, 7) is 3.10. The molecule has 0 amide bonds. The zero-order valence-electron chi connectivity index (χ0n) is 11.1. The summed E-state index contributed by atoms with van der Waals surface area (Å²) in [5, 5.41) is 0. The molecule has 1 heterocycles. The molecule has 2 N–H and O–H groups in total. The number of piperazine rings is 1. The van der Waals surface area contributed by atoms with Crippen LogP contribution in [-0.4, -0.2) is 85.5 Å². The third-order valence-electron chi connectivity index (χ3n) is 4.00. The van der Waals surface area contributed by atoms with E-state index in [4.69, 9.17) is 4.55 Å². The normalized spacial score (nSPS) is 24.7. The van der Waals surface area contributed by atoms with Crippen LogP contribution in [0.4, 0.5) is 0 Å². The largest absolute Gasteiger partial charge is 0.300 e. The van der Waals surface area contributed by atoms with E-state index in [2.05, 4.69) is 0 Å². The summed E-state index contributed by atoms with van der Waals surface area (Å²) in [5.74, 6) is -0.290. The molecule has 0 spiro atoms. The molecule has 1 saturated heterocycles. The second-order valence-corrected chi connectivity index (χ2v) is 8.95. The lowest BCUT2D eigenvalue weighted by Crippen LogP contribution is -2.50. The van der Waals surface area contributed by atoms with Gasteiger partial charge in [-0.3, -0.25) is 18.9 Å². The van der Waals surface area contributed by atoms with Gasteiger partial charge in [0.05, 0.1) is 5.75 Å². The maximum absolute atomic E-state index is 11.3. The Morgan fingerprint density at radius 2 is 1.40 bits per heavy atom. The van der Waals surface area contributed by atoms with E-state index in [1.54, 1.807) is 0 Å². The molecule has 0 bridgehead atoms. The van der Waals surface area contributed by atoms with Gasteiger partial charge in [0.15, 0.2) is 0 Å². The minimum Gasteiger partial charge on any atom is -0.300 e. The van der Waals surface area contributed by atoms with Crippen molar-refractivity contribution in [3.63, 3.8) is 0 Å². The van der Waals surface area contributed by atoms with Crippen LogP contribution in [0.25, 0.3) is 0 Å². The van der Waals surface area contributed by atoms with Crippen molar-refractivity contribution in [2.45, 2.75) is 17.6 Å². The molecule has 10 heteroatoms. The molecule has 0 radical (unpaired) electrons. The fraction of sp³-hybridized carbons (Fsp3) is 1.00. The highest BCUT2D eigenvalue weighted by Gasteiger charge is 2.55. The van der Waals surface area contributed by atoms with Gasteiger partial charge in [-0.2, -0.15) is 16.8 Å². The Balaban J connectivity index is 1.78. The minimum absolute atomic E-state index is 0.274. The zero-order valence-corrected chi connectivity index (χ0v) is 12.7. The second-order valence-electron chi connectivity index (χ2n) is 5.56. The van der Waals surface area contributed by atoms with Crippen LogP contribution >= 0.6 is 0 Å². The fourth-order valence-corrected chi connectivity index (χ4v) is 3.91. The minimum atomic E-state index is -4.00. The molecule has 0 atom stereocenters. The molecule has 0 aromatic carbocycles. The van der Waals surface area contributed by atoms with Crippen LogP contribution in [0.2, 0.25) is 0 Å². The first-order chi connectivity index (χ1) is 9.11. The van der Waals surface area contributed by atoms with E-state index >= 15 is 0 Å². The quantitative estimate of drug-likeness (QED) is 0.591. The smallest absolute Gasteiger partial charge is 0.271 e. The van der Waals surface area contributed by atoms with E-state index < -0.39 is 25.0 Å². The molecule has 1 aliphatic carbocycles. The summed E-state index contributed by atoms with van der Waals surface area (Å²) >= 11 is 0. The van der Waals surface area contributed by atoms with Crippen molar-refractivity contribution in [2.24, 2.45) is 0 Å². The highest BCUT2D eigenvalue weighted by Crippen LogP contribution is 2.43. The predicted molar refractivity (Wildman–Crippen MR) is 72.8 cm³/mol. The molecular weight excluding hydrogens is 308 g/mol. The SMILES string of the molecule is O=S(=O)(O)CCN1CCN(CC2(S(=O)(=O)O)CC2)CC1. The summed E-state index contributed by atoms with van der Waals surface area (Å²) in [4.78, 5) is 3.89. The molecule has 118 valence electrons. The van der Waals surface area contributed by atoms with Crippen LogP contribution in [0.5, 0.6) is 0 Å². The summed E-state index contributed by atoms with van der Waals surface area (Å²) in [6, 6.07) is 0. The molecule has 2 aliphatic rings. The van der Waals surface area contributed by atoms with Crippen molar-refractivity contribution in [3.05, 3.63) is 0 Å². The Morgan fingerprint density at radius 1 is 0.900 bits per heavy atom. The van der Waals surface area contributed by atoms with Crippen molar-refractivity contribution in [2.75, 3.05) is 45.0 Å². The lowest BCUT2D eigenvalue weighted by atomic mass is 10.3. The first kappa shape index (κ1) is 16.1. The Morgan fingerprint density at radius 3 is 1.80 bits per heavy atom. The van der Waals surface area contributed by atoms with Crippen LogP contribution in [0.3, 0.4) is 0 Å². The molecule has 1 saturated carbocycles. The van der Waals surface area contributed by atoms with Gasteiger partial charge in [-0.1, -0.05) is 0 Å². The lowest BCUT2D eigenvalue weighted by Gasteiger charge is -2.35. The van der Waals surface area contributed by atoms with E-state index in [-0.39, 0.29) is 12.3 Å². The Labute approximate surface area is 119 Å². The first-order valence-corrected chi connectivity index (χ1v) is 9.53. The number of nitrogens with zero attached hydrogens (tertiary/aromatic N) is 2. The Hall–Kier alpha value is -0.260. The fourth-order valence-electron chi connectivity index (χ4n) is 2.46. The van der Waals surface area contributed by atoms with Gasteiger partial charge in [-0.05, 0) is 12.8 Å². The lowest BCUT2D eigenvalue weighted by molar-refractivity contribution is 0.134. The molecule has 0 unspecified atom stereocenters. The van der Waals surface area contributed by atoms with E-state index in [0.717, 1.165) is 0 Å². The van der Waals surface area contributed by atoms with Gasteiger partial charge in [0.1, 0.15) is 4.75 Å². The van der Waals surface area contributed by atoms with Gasteiger partial charge >= 0.3 is 0 Å². The Bertz CT molecular complexity index is 546. The molecule has 8 nitrogen and oxygen atoms in total. The maximum atomic E-state index is 11.3. The van der Waals surface area contributed by atoms with Crippen LogP contribution in [0, 0.1) is 0 Å². The maximum Gasteiger partial charge on any atom is 0.271 e. The monoisotopic (exact) mass is 328 g/mol. The highest BCUT2D eigenvalue weighted by molar-refractivity contribution is 7.87. The average Bonchev–Trinajstić information content (AvgIpc) is 3.07. The number of hydrogen-bond acceptors (Lipinski definition) is 6. The van der Waals surface area contributed by atoms with Gasteiger partial charge in [0, 0.05) is 39.3 Å². The number of rotatable bonds is 6. The van der Waals surface area contributed by atoms with E-state index in [9.17, 15) is 21.4 Å². The highest BCUT2D eigenvalue weighted by atomic mass is 32.2. The molecule has 20 heavy (non-hydrogen) atoms. The van der Waals surface area contributed by atoms with Crippen LogP contribution in [0.15, 0.2) is 0 Å². The van der Waals surface area contributed by atoms with Gasteiger partial charge in [-0.25, -0.2) is 0 Å². The van der Waals surface area contributed by atoms with Gasteiger partial charge in [0.25, 0.3) is 20.2 Å².